The molecular formula is C18H19N5O. The molecule has 0 radical (unpaired) electrons. The highest BCUT2D eigenvalue weighted by Gasteiger charge is 2.17. The number of nitrogens with one attached hydrogen (secondary N) is 2. The van der Waals surface area contributed by atoms with Crippen LogP contribution in [0.15, 0.2) is 30.3 Å². The van der Waals surface area contributed by atoms with E-state index in [-0.39, 0.29) is 5.91 Å². The number of aryl methyl sites for hydroxylation is 1. The molecule has 0 bridgehead atoms. The molecule has 0 atom stereocenters. The van der Waals surface area contributed by atoms with Gasteiger partial charge < -0.3 is 10.6 Å². The molecule has 1 aromatic heterocycles. The van der Waals surface area contributed by atoms with E-state index < -0.39 is 0 Å². The Labute approximate surface area is 140 Å². The van der Waals surface area contributed by atoms with Crippen LogP contribution in [0, 0.1) is 18.3 Å². The second-order valence-corrected chi connectivity index (χ2v) is 5.96. The third-order valence-corrected chi connectivity index (χ3v) is 4.03. The molecule has 24 heavy (non-hydrogen) atoms. The molecule has 0 unspecified atom stereocenters. The van der Waals surface area contributed by atoms with Gasteiger partial charge in [0, 0.05) is 17.8 Å². The molecule has 1 fully saturated rings. The summed E-state index contributed by atoms with van der Waals surface area (Å²) in [7, 11) is 0. The number of hydrogen-bond acceptors (Lipinski definition) is 5. The Morgan fingerprint density at radius 2 is 2.04 bits per heavy atom. The van der Waals surface area contributed by atoms with Crippen LogP contribution in [0.1, 0.15) is 47.6 Å². The molecule has 0 spiro atoms. The van der Waals surface area contributed by atoms with Crippen molar-refractivity contribution < 1.29 is 4.79 Å². The van der Waals surface area contributed by atoms with Gasteiger partial charge in [0.05, 0.1) is 11.6 Å². The van der Waals surface area contributed by atoms with Gasteiger partial charge in [0.1, 0.15) is 17.3 Å². The van der Waals surface area contributed by atoms with Crippen LogP contribution in [0.3, 0.4) is 0 Å². The normalized spacial score (nSPS) is 14.2. The molecule has 3 rings (SSSR count). The maximum atomic E-state index is 12.4. The number of rotatable bonds is 4. The van der Waals surface area contributed by atoms with Gasteiger partial charge in [-0.25, -0.2) is 9.97 Å². The van der Waals surface area contributed by atoms with E-state index in [1.807, 2.05) is 0 Å². The summed E-state index contributed by atoms with van der Waals surface area (Å²) in [6.45, 7) is 1.77. The predicted octanol–water partition coefficient (Wildman–Crippen LogP) is 3.26. The highest BCUT2D eigenvalue weighted by Crippen LogP contribution is 2.22. The summed E-state index contributed by atoms with van der Waals surface area (Å²) in [6, 6.07) is 10.9. The molecule has 1 heterocycles. The minimum Gasteiger partial charge on any atom is -0.367 e. The summed E-state index contributed by atoms with van der Waals surface area (Å²) in [6.07, 6.45) is 4.71. The standard InChI is InChI=1S/C18H19N5O/c1-12-20-16(10-17(21-12)22-14-6-2-3-7-14)18(24)23-15-8-4-5-13(9-15)11-19/h4-5,8-10,14H,2-3,6-7H2,1H3,(H,23,24)(H,20,21,22). The van der Waals surface area contributed by atoms with E-state index in [9.17, 15) is 4.79 Å². The maximum absolute atomic E-state index is 12.4. The molecule has 2 aromatic rings. The summed E-state index contributed by atoms with van der Waals surface area (Å²) < 4.78 is 0. The number of carbonyl (C=O) groups excluding carboxylic acids is 1. The monoisotopic (exact) mass is 321 g/mol. The van der Waals surface area contributed by atoms with Crippen molar-refractivity contribution in [3.63, 3.8) is 0 Å². The molecule has 0 aliphatic heterocycles. The molecule has 1 aromatic carbocycles. The van der Waals surface area contributed by atoms with Gasteiger partial charge in [0.15, 0.2) is 0 Å². The number of nitriles is 1. The Kier molecular flexibility index (Phi) is 4.71. The molecule has 2 N–H and O–H groups in total. The van der Waals surface area contributed by atoms with E-state index in [0.717, 1.165) is 12.8 Å². The highest BCUT2D eigenvalue weighted by molar-refractivity contribution is 6.03. The van der Waals surface area contributed by atoms with Crippen LogP contribution in [0.5, 0.6) is 0 Å². The molecule has 0 saturated heterocycles. The lowest BCUT2D eigenvalue weighted by Gasteiger charge is -2.14. The van der Waals surface area contributed by atoms with Gasteiger partial charge >= 0.3 is 0 Å². The molecular weight excluding hydrogens is 302 g/mol. The predicted molar refractivity (Wildman–Crippen MR) is 91.8 cm³/mol. The fraction of sp³-hybridized carbons (Fsp3) is 0.333. The largest absolute Gasteiger partial charge is 0.367 e. The quantitative estimate of drug-likeness (QED) is 0.902. The lowest BCUT2D eigenvalue weighted by Crippen LogP contribution is -2.19. The first-order valence-electron chi connectivity index (χ1n) is 8.08. The minimum absolute atomic E-state index is 0.311. The number of carbonyl (C=O) groups is 1. The van der Waals surface area contributed by atoms with Gasteiger partial charge in [0.25, 0.3) is 5.91 Å². The van der Waals surface area contributed by atoms with Crippen molar-refractivity contribution >= 4 is 17.4 Å². The van der Waals surface area contributed by atoms with Crippen molar-refractivity contribution in [3.05, 3.63) is 47.4 Å². The van der Waals surface area contributed by atoms with Crippen LogP contribution in [0.2, 0.25) is 0 Å². The zero-order chi connectivity index (χ0) is 16.9. The lowest BCUT2D eigenvalue weighted by molar-refractivity contribution is 0.102. The van der Waals surface area contributed by atoms with E-state index in [1.54, 1.807) is 37.3 Å². The van der Waals surface area contributed by atoms with Crippen molar-refractivity contribution in [2.24, 2.45) is 0 Å². The smallest absolute Gasteiger partial charge is 0.274 e. The molecule has 6 nitrogen and oxygen atoms in total. The number of anilines is 2. The summed E-state index contributed by atoms with van der Waals surface area (Å²) in [5.74, 6) is 0.921. The van der Waals surface area contributed by atoms with Crippen molar-refractivity contribution in [2.75, 3.05) is 10.6 Å². The van der Waals surface area contributed by atoms with Crippen molar-refractivity contribution in [3.8, 4) is 6.07 Å². The molecule has 1 amide bonds. The number of hydrogen-bond donors (Lipinski definition) is 2. The summed E-state index contributed by atoms with van der Waals surface area (Å²) in [5.41, 5.74) is 1.38. The second-order valence-electron chi connectivity index (χ2n) is 5.96. The molecule has 1 aliphatic carbocycles. The van der Waals surface area contributed by atoms with E-state index in [2.05, 4.69) is 26.7 Å². The van der Waals surface area contributed by atoms with E-state index in [1.165, 1.54) is 12.8 Å². The fourth-order valence-corrected chi connectivity index (χ4v) is 2.90. The molecule has 1 aliphatic rings. The third kappa shape index (κ3) is 3.87. The van der Waals surface area contributed by atoms with Gasteiger partial charge in [-0.3, -0.25) is 4.79 Å². The minimum atomic E-state index is -0.315. The van der Waals surface area contributed by atoms with E-state index in [0.29, 0.717) is 34.6 Å². The van der Waals surface area contributed by atoms with Crippen molar-refractivity contribution in [1.82, 2.24) is 9.97 Å². The third-order valence-electron chi connectivity index (χ3n) is 4.03. The summed E-state index contributed by atoms with van der Waals surface area (Å²) >= 11 is 0. The van der Waals surface area contributed by atoms with Crippen LogP contribution in [-0.2, 0) is 0 Å². The van der Waals surface area contributed by atoms with Crippen LogP contribution >= 0.6 is 0 Å². The van der Waals surface area contributed by atoms with Gasteiger partial charge in [-0.1, -0.05) is 18.9 Å². The zero-order valence-corrected chi connectivity index (χ0v) is 13.5. The summed E-state index contributed by atoms with van der Waals surface area (Å²) in [4.78, 5) is 21.0. The first kappa shape index (κ1) is 15.9. The Morgan fingerprint density at radius 3 is 2.79 bits per heavy atom. The Hall–Kier alpha value is -2.94. The molecule has 122 valence electrons. The van der Waals surface area contributed by atoms with Crippen LogP contribution in [0.4, 0.5) is 11.5 Å². The molecule has 6 heteroatoms. The van der Waals surface area contributed by atoms with Gasteiger partial charge in [-0.05, 0) is 38.0 Å². The zero-order valence-electron chi connectivity index (χ0n) is 13.5. The number of nitrogens with zero attached hydrogens (tertiary/aromatic N) is 3. The van der Waals surface area contributed by atoms with Crippen LogP contribution in [0.25, 0.3) is 0 Å². The van der Waals surface area contributed by atoms with E-state index in [4.69, 9.17) is 5.26 Å². The average molecular weight is 321 g/mol. The van der Waals surface area contributed by atoms with Gasteiger partial charge in [0.2, 0.25) is 0 Å². The number of aromatic nitrogens is 2. The van der Waals surface area contributed by atoms with E-state index >= 15 is 0 Å². The van der Waals surface area contributed by atoms with Gasteiger partial charge in [-0.2, -0.15) is 5.26 Å². The average Bonchev–Trinajstić information content (AvgIpc) is 3.07. The lowest BCUT2D eigenvalue weighted by atomic mass is 10.2. The fourth-order valence-electron chi connectivity index (χ4n) is 2.90. The number of amides is 1. The topological polar surface area (TPSA) is 90.7 Å². The Morgan fingerprint density at radius 1 is 1.25 bits per heavy atom. The Bertz CT molecular complexity index is 790. The number of benzene rings is 1. The van der Waals surface area contributed by atoms with Crippen LogP contribution < -0.4 is 10.6 Å². The van der Waals surface area contributed by atoms with Gasteiger partial charge in [-0.15, -0.1) is 0 Å². The van der Waals surface area contributed by atoms with Crippen molar-refractivity contribution in [2.45, 2.75) is 38.6 Å². The van der Waals surface area contributed by atoms with Crippen LogP contribution in [-0.4, -0.2) is 21.9 Å². The first-order chi connectivity index (χ1) is 11.6. The maximum Gasteiger partial charge on any atom is 0.274 e. The first-order valence-corrected chi connectivity index (χ1v) is 8.08. The summed E-state index contributed by atoms with van der Waals surface area (Å²) in [5, 5.41) is 15.1. The second kappa shape index (κ2) is 7.09. The SMILES string of the molecule is Cc1nc(NC2CCCC2)cc(C(=O)Nc2cccc(C#N)c2)n1. The highest BCUT2D eigenvalue weighted by atomic mass is 16.1. The molecule has 1 saturated carbocycles. The Balaban J connectivity index is 1.76. The van der Waals surface area contributed by atoms with Crippen molar-refractivity contribution in [1.29, 1.82) is 5.26 Å².